The van der Waals surface area contributed by atoms with Crippen LogP contribution in [0.2, 0.25) is 0 Å². The molecule has 1 saturated carbocycles. The van der Waals surface area contributed by atoms with Crippen LogP contribution in [0.3, 0.4) is 0 Å². The van der Waals surface area contributed by atoms with Crippen LogP contribution >= 0.6 is 0 Å². The lowest BCUT2D eigenvalue weighted by molar-refractivity contribution is -0.252. The maximum absolute atomic E-state index is 5.88. The van der Waals surface area contributed by atoms with E-state index in [4.69, 9.17) is 9.47 Å². The second kappa shape index (κ2) is 10.6. The molecule has 1 fully saturated rings. The molecule has 0 saturated heterocycles. The predicted molar refractivity (Wildman–Crippen MR) is 90.5 cm³/mol. The van der Waals surface area contributed by atoms with Gasteiger partial charge in [0.2, 0.25) is 0 Å². The van der Waals surface area contributed by atoms with Gasteiger partial charge in [0, 0.05) is 20.1 Å². The number of unbranched alkanes of at least 4 members (excludes halogenated alkanes) is 5. The molecule has 1 atom stereocenters. The summed E-state index contributed by atoms with van der Waals surface area (Å²) in [5, 5.41) is 0. The Balaban J connectivity index is 2.52. The fourth-order valence-electron chi connectivity index (χ4n) is 4.26. The van der Waals surface area contributed by atoms with E-state index in [9.17, 15) is 0 Å². The van der Waals surface area contributed by atoms with Gasteiger partial charge in [0.25, 0.3) is 0 Å². The Morgan fingerprint density at radius 3 is 2.00 bits per heavy atom. The summed E-state index contributed by atoms with van der Waals surface area (Å²) in [6.07, 6.45) is 16.0. The fourth-order valence-corrected chi connectivity index (χ4v) is 4.26. The molecule has 0 aromatic heterocycles. The van der Waals surface area contributed by atoms with Gasteiger partial charge in [-0.15, -0.1) is 0 Å². The molecule has 0 aromatic carbocycles. The predicted octanol–water partition coefficient (Wildman–Crippen LogP) is 5.94. The zero-order valence-electron chi connectivity index (χ0n) is 15.0. The summed E-state index contributed by atoms with van der Waals surface area (Å²) < 4.78 is 11.8. The summed E-state index contributed by atoms with van der Waals surface area (Å²) in [5.74, 6) is 1.03. The lowest BCUT2D eigenvalue weighted by Crippen LogP contribution is -2.44. The smallest absolute Gasteiger partial charge is 0.170 e. The second-order valence-electron chi connectivity index (χ2n) is 6.78. The van der Waals surface area contributed by atoms with Gasteiger partial charge < -0.3 is 9.47 Å². The van der Waals surface area contributed by atoms with Crippen LogP contribution in [0.4, 0.5) is 0 Å². The van der Waals surface area contributed by atoms with E-state index in [1.807, 2.05) is 14.2 Å². The summed E-state index contributed by atoms with van der Waals surface area (Å²) in [4.78, 5) is 0. The highest BCUT2D eigenvalue weighted by molar-refractivity contribution is 4.86. The summed E-state index contributed by atoms with van der Waals surface area (Å²) in [7, 11) is 3.66. The van der Waals surface area contributed by atoms with Crippen molar-refractivity contribution in [3.8, 4) is 0 Å². The van der Waals surface area contributed by atoms with E-state index in [-0.39, 0.29) is 5.79 Å². The largest absolute Gasteiger partial charge is 0.353 e. The van der Waals surface area contributed by atoms with E-state index in [0.29, 0.717) is 5.92 Å². The third-order valence-electron chi connectivity index (χ3n) is 5.59. The van der Waals surface area contributed by atoms with Crippen LogP contribution < -0.4 is 0 Å². The van der Waals surface area contributed by atoms with E-state index in [1.54, 1.807) is 0 Å². The first-order chi connectivity index (χ1) is 10.2. The third-order valence-corrected chi connectivity index (χ3v) is 5.59. The Kier molecular flexibility index (Phi) is 9.59. The van der Waals surface area contributed by atoms with Crippen molar-refractivity contribution in [3.05, 3.63) is 0 Å². The number of ether oxygens (including phenoxy) is 2. The molecule has 2 heteroatoms. The number of rotatable bonds is 12. The highest BCUT2D eigenvalue weighted by Gasteiger charge is 2.42. The maximum atomic E-state index is 5.88. The van der Waals surface area contributed by atoms with Gasteiger partial charge in [-0.2, -0.15) is 0 Å². The molecule has 1 unspecified atom stereocenters. The summed E-state index contributed by atoms with van der Waals surface area (Å²) in [6, 6.07) is 0. The maximum Gasteiger partial charge on any atom is 0.170 e. The molecule has 0 aliphatic heterocycles. The Hall–Kier alpha value is -0.0800. The summed E-state index contributed by atoms with van der Waals surface area (Å²) >= 11 is 0. The zero-order chi connectivity index (χ0) is 15.6. The molecular formula is C19H38O2. The molecule has 0 heterocycles. The Morgan fingerprint density at radius 2 is 1.48 bits per heavy atom. The minimum Gasteiger partial charge on any atom is -0.353 e. The number of methoxy groups -OCH3 is 2. The molecule has 1 aliphatic carbocycles. The Labute approximate surface area is 133 Å². The minimum atomic E-state index is -0.349. The molecular weight excluding hydrogens is 260 g/mol. The highest BCUT2D eigenvalue weighted by atomic mass is 16.7. The van der Waals surface area contributed by atoms with Gasteiger partial charge >= 0.3 is 0 Å². The van der Waals surface area contributed by atoms with Crippen molar-refractivity contribution in [1.29, 1.82) is 0 Å². The van der Waals surface area contributed by atoms with Gasteiger partial charge in [0.1, 0.15) is 0 Å². The van der Waals surface area contributed by atoms with Gasteiger partial charge in [0.05, 0.1) is 0 Å². The van der Waals surface area contributed by atoms with Crippen LogP contribution in [0, 0.1) is 11.8 Å². The number of hydrogen-bond donors (Lipinski definition) is 0. The van der Waals surface area contributed by atoms with Gasteiger partial charge in [-0.25, -0.2) is 0 Å². The first kappa shape index (κ1) is 19.0. The normalized spacial score (nSPS) is 18.3. The van der Waals surface area contributed by atoms with E-state index >= 15 is 0 Å². The first-order valence-electron chi connectivity index (χ1n) is 9.34. The SMILES string of the molecule is CCCCCCCCC(C1CCCC1)C(CC)(OC)OC. The summed E-state index contributed by atoms with van der Waals surface area (Å²) in [5.41, 5.74) is 0. The van der Waals surface area contributed by atoms with E-state index in [1.165, 1.54) is 70.6 Å². The zero-order valence-corrected chi connectivity index (χ0v) is 15.0. The molecule has 1 rings (SSSR count). The van der Waals surface area contributed by atoms with Crippen LogP contribution in [0.25, 0.3) is 0 Å². The average molecular weight is 299 g/mol. The van der Waals surface area contributed by atoms with Crippen molar-refractivity contribution in [2.75, 3.05) is 14.2 Å². The highest BCUT2D eigenvalue weighted by Crippen LogP contribution is 2.43. The molecule has 126 valence electrons. The van der Waals surface area contributed by atoms with Crippen molar-refractivity contribution in [1.82, 2.24) is 0 Å². The van der Waals surface area contributed by atoms with Gasteiger partial charge in [0.15, 0.2) is 5.79 Å². The van der Waals surface area contributed by atoms with Crippen LogP contribution in [0.15, 0.2) is 0 Å². The monoisotopic (exact) mass is 298 g/mol. The molecule has 0 bridgehead atoms. The first-order valence-corrected chi connectivity index (χ1v) is 9.34. The number of hydrogen-bond acceptors (Lipinski definition) is 2. The van der Waals surface area contributed by atoms with Crippen LogP contribution in [0.1, 0.15) is 90.9 Å². The van der Waals surface area contributed by atoms with Crippen LogP contribution in [-0.2, 0) is 9.47 Å². The van der Waals surface area contributed by atoms with E-state index in [0.717, 1.165) is 12.3 Å². The molecule has 0 spiro atoms. The van der Waals surface area contributed by atoms with E-state index in [2.05, 4.69) is 13.8 Å². The van der Waals surface area contributed by atoms with Gasteiger partial charge in [-0.3, -0.25) is 0 Å². The lowest BCUT2D eigenvalue weighted by Gasteiger charge is -2.41. The summed E-state index contributed by atoms with van der Waals surface area (Å²) in [6.45, 7) is 4.49. The van der Waals surface area contributed by atoms with Crippen LogP contribution in [-0.4, -0.2) is 20.0 Å². The fraction of sp³-hybridized carbons (Fsp3) is 1.00. The second-order valence-corrected chi connectivity index (χ2v) is 6.78. The molecule has 21 heavy (non-hydrogen) atoms. The van der Waals surface area contributed by atoms with Gasteiger partial charge in [-0.1, -0.05) is 65.2 Å². The minimum absolute atomic E-state index is 0.349. The molecule has 0 amide bonds. The standard InChI is InChI=1S/C19H38O2/c1-5-7-8-9-10-11-16-18(17-14-12-13-15-17)19(6-2,20-3)21-4/h17-18H,5-16H2,1-4H3. The van der Waals surface area contributed by atoms with Crippen LogP contribution in [0.5, 0.6) is 0 Å². The van der Waals surface area contributed by atoms with Crippen molar-refractivity contribution < 1.29 is 9.47 Å². The van der Waals surface area contributed by atoms with Gasteiger partial charge in [-0.05, 0) is 31.6 Å². The van der Waals surface area contributed by atoms with Crippen molar-refractivity contribution in [2.24, 2.45) is 11.8 Å². The average Bonchev–Trinajstić information content (AvgIpc) is 3.04. The topological polar surface area (TPSA) is 18.5 Å². The Morgan fingerprint density at radius 1 is 0.905 bits per heavy atom. The third kappa shape index (κ3) is 5.56. The molecule has 1 aliphatic rings. The quantitative estimate of drug-likeness (QED) is 0.328. The molecule has 2 nitrogen and oxygen atoms in total. The molecule has 0 radical (unpaired) electrons. The van der Waals surface area contributed by atoms with Crippen molar-refractivity contribution in [2.45, 2.75) is 96.7 Å². The Bertz CT molecular complexity index is 234. The van der Waals surface area contributed by atoms with E-state index < -0.39 is 0 Å². The lowest BCUT2D eigenvalue weighted by atomic mass is 9.79. The van der Waals surface area contributed by atoms with Crippen molar-refractivity contribution in [3.63, 3.8) is 0 Å². The van der Waals surface area contributed by atoms with Crippen molar-refractivity contribution >= 4 is 0 Å². The molecule has 0 aromatic rings. The molecule has 0 N–H and O–H groups in total.